The lowest BCUT2D eigenvalue weighted by Crippen LogP contribution is -2.33. The van der Waals surface area contributed by atoms with E-state index in [9.17, 15) is 4.79 Å². The highest BCUT2D eigenvalue weighted by Crippen LogP contribution is 2.10. The number of hydrogen-bond donors (Lipinski definition) is 2. The molecule has 0 saturated heterocycles. The number of amides is 1. The summed E-state index contributed by atoms with van der Waals surface area (Å²) in [6, 6.07) is 5.63. The molecule has 0 spiro atoms. The first-order valence-corrected chi connectivity index (χ1v) is 3.88. The van der Waals surface area contributed by atoms with Gasteiger partial charge in [-0.15, -0.1) is 0 Å². The van der Waals surface area contributed by atoms with Crippen molar-refractivity contribution in [2.75, 3.05) is 0 Å². The van der Waals surface area contributed by atoms with Crippen LogP contribution in [0.2, 0.25) is 0 Å². The molecule has 1 rings (SSSR count). The first-order chi connectivity index (χ1) is 6.09. The van der Waals surface area contributed by atoms with Gasteiger partial charge in [-0.1, -0.05) is 12.1 Å². The van der Waals surface area contributed by atoms with Gasteiger partial charge in [0, 0.05) is 0 Å². The molecule has 0 aliphatic rings. The molecule has 0 aromatic heterocycles. The molecule has 0 fully saturated rings. The zero-order chi connectivity index (χ0) is 9.84. The molecule has 4 N–H and O–H groups in total. The average molecular weight is 179 g/mol. The number of carbonyl (C=O) groups is 1. The second kappa shape index (κ2) is 3.91. The Kier molecular flexibility index (Phi) is 2.87. The summed E-state index contributed by atoms with van der Waals surface area (Å²) in [4.78, 5) is 10.5. The Labute approximate surface area is 76.2 Å². The summed E-state index contributed by atoms with van der Waals surface area (Å²) in [6.45, 7) is 0. The normalized spacial score (nSPS) is 12.4. The van der Waals surface area contributed by atoms with Crippen molar-refractivity contribution in [3.05, 3.63) is 29.8 Å². The van der Waals surface area contributed by atoms with Gasteiger partial charge in [0.15, 0.2) is 0 Å². The molecule has 1 aromatic carbocycles. The number of benzene rings is 1. The van der Waals surface area contributed by atoms with Gasteiger partial charge in [-0.3, -0.25) is 10.5 Å². The van der Waals surface area contributed by atoms with Crippen LogP contribution < -0.4 is 11.5 Å². The number of nitrogens with one attached hydrogen (secondary N) is 1. The third-order valence-electron chi connectivity index (χ3n) is 1.73. The van der Waals surface area contributed by atoms with E-state index >= 15 is 0 Å². The van der Waals surface area contributed by atoms with E-state index in [1.807, 2.05) is 0 Å². The van der Waals surface area contributed by atoms with Crippen LogP contribution in [0.1, 0.15) is 5.56 Å². The Morgan fingerprint density at radius 2 is 2.00 bits per heavy atom. The van der Waals surface area contributed by atoms with Crippen molar-refractivity contribution in [1.29, 1.82) is 0 Å². The second-order valence-corrected chi connectivity index (χ2v) is 2.84. The van der Waals surface area contributed by atoms with Crippen molar-refractivity contribution in [2.24, 2.45) is 5.73 Å². The zero-order valence-corrected chi connectivity index (χ0v) is 7.03. The summed E-state index contributed by atoms with van der Waals surface area (Å²) in [5.74, 6) is -0.595. The maximum Gasteiger partial charge on any atom is 0.255 e. The highest BCUT2D eigenvalue weighted by molar-refractivity contribution is 5.79. The number of phenolic OH excluding ortho intramolecular Hbond substituents is 1. The Hall–Kier alpha value is -1.55. The van der Waals surface area contributed by atoms with E-state index in [1.54, 1.807) is 12.1 Å². The molecule has 0 aliphatic heterocycles. The highest BCUT2D eigenvalue weighted by atomic mass is 16.3. The standard InChI is InChI=1S/C9H11N2O2/c10-8(9(11)13)5-6-1-3-7(12)4-2-6/h1-4,8,11-12H,5,10H2/t8-/m0/s1. The van der Waals surface area contributed by atoms with Crippen LogP contribution in [0.5, 0.6) is 5.75 Å². The van der Waals surface area contributed by atoms with Crippen LogP contribution in [-0.2, 0) is 11.2 Å². The van der Waals surface area contributed by atoms with Crippen LogP contribution in [0.3, 0.4) is 0 Å². The van der Waals surface area contributed by atoms with E-state index in [0.717, 1.165) is 5.56 Å². The Morgan fingerprint density at radius 1 is 1.46 bits per heavy atom. The molecular weight excluding hydrogens is 168 g/mol. The lowest BCUT2D eigenvalue weighted by molar-refractivity contribution is -0.119. The van der Waals surface area contributed by atoms with Gasteiger partial charge < -0.3 is 10.8 Å². The van der Waals surface area contributed by atoms with Crippen molar-refractivity contribution in [1.82, 2.24) is 5.73 Å². The molecule has 1 atom stereocenters. The summed E-state index contributed by atoms with van der Waals surface area (Å²) >= 11 is 0. The molecule has 1 radical (unpaired) electrons. The molecule has 69 valence electrons. The Bertz CT molecular complexity index is 295. The van der Waals surface area contributed by atoms with Gasteiger partial charge >= 0.3 is 0 Å². The summed E-state index contributed by atoms with van der Waals surface area (Å²) in [7, 11) is 0. The SMILES string of the molecule is [NH]C(=O)[C@@H](N)Cc1ccc(O)cc1. The number of carbonyl (C=O) groups excluding carboxylic acids is 1. The number of aromatic hydroxyl groups is 1. The fraction of sp³-hybridized carbons (Fsp3) is 0.222. The monoisotopic (exact) mass is 179 g/mol. The van der Waals surface area contributed by atoms with Gasteiger partial charge in [0.2, 0.25) is 0 Å². The van der Waals surface area contributed by atoms with Gasteiger partial charge in [-0.05, 0) is 24.1 Å². The van der Waals surface area contributed by atoms with Crippen LogP contribution in [-0.4, -0.2) is 17.1 Å². The molecule has 4 nitrogen and oxygen atoms in total. The zero-order valence-electron chi connectivity index (χ0n) is 7.03. The maximum absolute atomic E-state index is 10.5. The van der Waals surface area contributed by atoms with Gasteiger partial charge in [0.25, 0.3) is 5.91 Å². The number of rotatable bonds is 3. The van der Waals surface area contributed by atoms with E-state index in [1.165, 1.54) is 12.1 Å². The summed E-state index contributed by atoms with van der Waals surface area (Å²) in [6.07, 6.45) is 0.336. The van der Waals surface area contributed by atoms with Crippen LogP contribution in [0, 0.1) is 0 Å². The van der Waals surface area contributed by atoms with Crippen molar-refractivity contribution in [3.63, 3.8) is 0 Å². The Balaban J connectivity index is 2.64. The van der Waals surface area contributed by atoms with Gasteiger partial charge in [-0.2, -0.15) is 0 Å². The highest BCUT2D eigenvalue weighted by Gasteiger charge is 2.10. The molecule has 13 heavy (non-hydrogen) atoms. The van der Waals surface area contributed by atoms with E-state index < -0.39 is 11.9 Å². The van der Waals surface area contributed by atoms with Crippen molar-refractivity contribution >= 4 is 5.91 Å². The molecule has 0 unspecified atom stereocenters. The second-order valence-electron chi connectivity index (χ2n) is 2.84. The van der Waals surface area contributed by atoms with Crippen molar-refractivity contribution < 1.29 is 9.90 Å². The molecule has 4 heteroatoms. The van der Waals surface area contributed by atoms with E-state index in [0.29, 0.717) is 6.42 Å². The van der Waals surface area contributed by atoms with Gasteiger partial charge in [0.1, 0.15) is 5.75 Å². The topological polar surface area (TPSA) is 87.1 Å². The molecule has 1 amide bonds. The fourth-order valence-electron chi connectivity index (χ4n) is 0.979. The largest absolute Gasteiger partial charge is 0.508 e. The first kappa shape index (κ1) is 9.54. The quantitative estimate of drug-likeness (QED) is 0.688. The minimum atomic E-state index is -0.774. The summed E-state index contributed by atoms with van der Waals surface area (Å²) in [5, 5.41) is 8.96. The third kappa shape index (κ3) is 2.76. The van der Waals surface area contributed by atoms with Crippen molar-refractivity contribution in [2.45, 2.75) is 12.5 Å². The van der Waals surface area contributed by atoms with Crippen molar-refractivity contribution in [3.8, 4) is 5.75 Å². The Morgan fingerprint density at radius 3 is 2.46 bits per heavy atom. The van der Waals surface area contributed by atoms with Crippen LogP contribution in [0.25, 0.3) is 0 Å². The van der Waals surface area contributed by atoms with E-state index in [2.05, 4.69) is 0 Å². The van der Waals surface area contributed by atoms with Crippen LogP contribution in [0.4, 0.5) is 0 Å². The van der Waals surface area contributed by atoms with Crippen LogP contribution in [0.15, 0.2) is 24.3 Å². The van der Waals surface area contributed by atoms with E-state index in [4.69, 9.17) is 16.6 Å². The van der Waals surface area contributed by atoms with Crippen LogP contribution >= 0.6 is 0 Å². The molecular formula is C9H11N2O2. The lowest BCUT2D eigenvalue weighted by atomic mass is 10.1. The minimum absolute atomic E-state index is 0.175. The van der Waals surface area contributed by atoms with Gasteiger partial charge in [-0.25, -0.2) is 0 Å². The molecule has 0 bridgehead atoms. The maximum atomic E-state index is 10.5. The molecule has 0 saturated carbocycles. The van der Waals surface area contributed by atoms with E-state index in [-0.39, 0.29) is 5.75 Å². The smallest absolute Gasteiger partial charge is 0.255 e. The summed E-state index contributed by atoms with van der Waals surface area (Å²) in [5.41, 5.74) is 13.0. The minimum Gasteiger partial charge on any atom is -0.508 e. The number of hydrogen-bond acceptors (Lipinski definition) is 3. The predicted molar refractivity (Wildman–Crippen MR) is 47.9 cm³/mol. The molecule has 0 aliphatic carbocycles. The first-order valence-electron chi connectivity index (χ1n) is 3.88. The number of nitrogens with two attached hydrogens (primary N) is 1. The summed E-state index contributed by atoms with van der Waals surface area (Å²) < 4.78 is 0. The lowest BCUT2D eigenvalue weighted by Gasteiger charge is -2.05. The fourth-order valence-corrected chi connectivity index (χ4v) is 0.979. The van der Waals surface area contributed by atoms with Gasteiger partial charge in [0.05, 0.1) is 6.04 Å². The average Bonchev–Trinajstić information content (AvgIpc) is 2.08. The number of phenols is 1. The molecule has 1 aromatic rings. The third-order valence-corrected chi connectivity index (χ3v) is 1.73. The predicted octanol–water partition coefficient (Wildman–Crippen LogP) is 0.0715. The molecule has 0 heterocycles.